The lowest BCUT2D eigenvalue weighted by atomic mass is 9.93. The van der Waals surface area contributed by atoms with E-state index in [-0.39, 0.29) is 0 Å². The summed E-state index contributed by atoms with van der Waals surface area (Å²) >= 11 is 0. The first kappa shape index (κ1) is 23.7. The summed E-state index contributed by atoms with van der Waals surface area (Å²) < 4.78 is 2.24. The van der Waals surface area contributed by atoms with Gasteiger partial charge in [0, 0.05) is 38.9 Å². The van der Waals surface area contributed by atoms with Gasteiger partial charge < -0.3 is 4.57 Å². The maximum absolute atomic E-state index is 9.07. The van der Waals surface area contributed by atoms with Gasteiger partial charge in [-0.15, -0.1) is 0 Å². The van der Waals surface area contributed by atoms with Crippen LogP contribution in [0.5, 0.6) is 0 Å². The molecule has 1 fully saturated rings. The fraction of sp³-hybridized carbons (Fsp3) is 0.312. The number of fused-ring (bicyclic) bond motifs is 2. The minimum atomic E-state index is 0.330. The second-order valence-electron chi connectivity index (χ2n) is 10.3. The summed E-state index contributed by atoms with van der Waals surface area (Å²) in [6.07, 6.45) is 7.32. The zero-order valence-corrected chi connectivity index (χ0v) is 21.3. The van der Waals surface area contributed by atoms with E-state index >= 15 is 0 Å². The minimum Gasteiger partial charge on any atom is -0.329 e. The van der Waals surface area contributed by atoms with Crippen LogP contribution >= 0.6 is 0 Å². The average molecular weight is 488 g/mol. The van der Waals surface area contributed by atoms with Gasteiger partial charge in [0.1, 0.15) is 0 Å². The Morgan fingerprint density at radius 1 is 0.784 bits per heavy atom. The SMILES string of the molecule is N#Cc1ccc(Cn2cncc2CN2CCCN(C3c4ccccc4CCc4ccccc43)CC2)cc1. The van der Waals surface area contributed by atoms with Crippen molar-refractivity contribution in [3.63, 3.8) is 0 Å². The molecular formula is C32H33N5. The van der Waals surface area contributed by atoms with Crippen LogP contribution in [0.15, 0.2) is 85.3 Å². The van der Waals surface area contributed by atoms with E-state index in [1.54, 1.807) is 0 Å². The Kier molecular flexibility index (Phi) is 6.86. The molecule has 4 aromatic rings. The Bertz CT molecular complexity index is 1350. The summed E-state index contributed by atoms with van der Waals surface area (Å²) in [6.45, 7) is 5.97. The van der Waals surface area contributed by atoms with Gasteiger partial charge in [-0.25, -0.2) is 4.98 Å². The van der Waals surface area contributed by atoms with E-state index in [1.807, 2.05) is 36.8 Å². The molecule has 1 aliphatic carbocycles. The second-order valence-corrected chi connectivity index (χ2v) is 10.3. The average Bonchev–Trinajstić information content (AvgIpc) is 3.14. The molecule has 0 amide bonds. The molecule has 0 saturated carbocycles. The molecule has 0 atom stereocenters. The number of benzene rings is 3. The molecule has 0 spiro atoms. The van der Waals surface area contributed by atoms with Crippen molar-refractivity contribution in [3.05, 3.63) is 124 Å². The maximum atomic E-state index is 9.07. The van der Waals surface area contributed by atoms with E-state index in [0.717, 1.165) is 58.5 Å². The van der Waals surface area contributed by atoms with Crippen molar-refractivity contribution in [2.24, 2.45) is 0 Å². The zero-order chi connectivity index (χ0) is 25.0. The van der Waals surface area contributed by atoms with Crippen molar-refractivity contribution in [2.75, 3.05) is 26.2 Å². The summed E-state index contributed by atoms with van der Waals surface area (Å²) in [6, 6.07) is 28.5. The minimum absolute atomic E-state index is 0.330. The largest absolute Gasteiger partial charge is 0.329 e. The number of nitriles is 1. The molecule has 6 rings (SSSR count). The lowest BCUT2D eigenvalue weighted by Gasteiger charge is -2.33. The molecule has 0 unspecified atom stereocenters. The van der Waals surface area contributed by atoms with Gasteiger partial charge in [-0.05, 0) is 65.8 Å². The van der Waals surface area contributed by atoms with Gasteiger partial charge in [0.2, 0.25) is 0 Å². The number of imidazole rings is 1. The molecule has 5 nitrogen and oxygen atoms in total. The van der Waals surface area contributed by atoms with E-state index in [9.17, 15) is 0 Å². The van der Waals surface area contributed by atoms with Crippen molar-refractivity contribution in [3.8, 4) is 6.07 Å². The number of hydrogen-bond acceptors (Lipinski definition) is 4. The number of aromatic nitrogens is 2. The summed E-state index contributed by atoms with van der Waals surface area (Å²) in [7, 11) is 0. The topological polar surface area (TPSA) is 48.1 Å². The number of nitrogens with zero attached hydrogens (tertiary/aromatic N) is 5. The molecule has 37 heavy (non-hydrogen) atoms. The quantitative estimate of drug-likeness (QED) is 0.388. The third-order valence-corrected chi connectivity index (χ3v) is 7.97. The van der Waals surface area contributed by atoms with Crippen molar-refractivity contribution in [1.82, 2.24) is 19.4 Å². The molecule has 1 saturated heterocycles. The lowest BCUT2D eigenvalue weighted by molar-refractivity contribution is 0.218. The fourth-order valence-corrected chi connectivity index (χ4v) is 6.03. The van der Waals surface area contributed by atoms with Crippen LogP contribution < -0.4 is 0 Å². The molecule has 186 valence electrons. The van der Waals surface area contributed by atoms with Crippen LogP contribution in [0.4, 0.5) is 0 Å². The standard InChI is InChI=1S/C32H33N5/c33-20-25-10-12-26(13-11-25)22-37-24-34-21-29(37)23-35-16-5-17-36(19-18-35)32-30-8-3-1-6-27(30)14-15-28-7-2-4-9-31(28)32/h1-4,6-13,21,24,32H,5,14-19,22-23H2. The van der Waals surface area contributed by atoms with Crippen LogP contribution in [-0.4, -0.2) is 45.5 Å². The summed E-state index contributed by atoms with van der Waals surface area (Å²) in [5.74, 6) is 0. The summed E-state index contributed by atoms with van der Waals surface area (Å²) in [5.41, 5.74) is 9.09. The van der Waals surface area contributed by atoms with E-state index in [0.29, 0.717) is 11.6 Å². The van der Waals surface area contributed by atoms with Gasteiger partial charge in [-0.2, -0.15) is 5.26 Å². The van der Waals surface area contributed by atoms with Crippen LogP contribution in [-0.2, 0) is 25.9 Å². The highest BCUT2D eigenvalue weighted by Gasteiger charge is 2.30. The van der Waals surface area contributed by atoms with Crippen LogP contribution in [0.25, 0.3) is 0 Å². The highest BCUT2D eigenvalue weighted by Crippen LogP contribution is 2.37. The number of hydrogen-bond donors (Lipinski definition) is 0. The normalized spacial score (nSPS) is 16.8. The molecule has 1 aliphatic heterocycles. The molecule has 1 aromatic heterocycles. The van der Waals surface area contributed by atoms with Gasteiger partial charge in [0.25, 0.3) is 0 Å². The van der Waals surface area contributed by atoms with Gasteiger partial charge >= 0.3 is 0 Å². The van der Waals surface area contributed by atoms with E-state index in [4.69, 9.17) is 5.26 Å². The van der Waals surface area contributed by atoms with Crippen LogP contribution in [0, 0.1) is 11.3 Å². The second kappa shape index (κ2) is 10.7. The third kappa shape index (κ3) is 5.09. The van der Waals surface area contributed by atoms with Crippen molar-refractivity contribution < 1.29 is 0 Å². The first-order valence-corrected chi connectivity index (χ1v) is 13.4. The summed E-state index contributed by atoms with van der Waals surface area (Å²) in [4.78, 5) is 9.77. The van der Waals surface area contributed by atoms with Gasteiger partial charge in [0.05, 0.1) is 29.7 Å². The molecule has 3 aromatic carbocycles. The monoisotopic (exact) mass is 487 g/mol. The third-order valence-electron chi connectivity index (χ3n) is 7.97. The molecule has 0 radical (unpaired) electrons. The van der Waals surface area contributed by atoms with Crippen molar-refractivity contribution in [1.29, 1.82) is 5.26 Å². The highest BCUT2D eigenvalue weighted by molar-refractivity contribution is 5.44. The van der Waals surface area contributed by atoms with Crippen LogP contribution in [0.2, 0.25) is 0 Å². The zero-order valence-electron chi connectivity index (χ0n) is 21.3. The molecule has 2 heterocycles. The van der Waals surface area contributed by atoms with Crippen LogP contribution in [0.1, 0.15) is 51.5 Å². The Hall–Kier alpha value is -3.72. The molecular weight excluding hydrogens is 454 g/mol. The molecule has 2 aliphatic rings. The van der Waals surface area contributed by atoms with E-state index in [1.165, 1.54) is 33.5 Å². The predicted octanol–water partition coefficient (Wildman–Crippen LogP) is 5.20. The van der Waals surface area contributed by atoms with Gasteiger partial charge in [-0.1, -0.05) is 60.7 Å². The molecule has 0 N–H and O–H groups in total. The Balaban J connectivity index is 1.18. The Morgan fingerprint density at radius 2 is 1.49 bits per heavy atom. The van der Waals surface area contributed by atoms with Crippen LogP contribution in [0.3, 0.4) is 0 Å². The maximum Gasteiger partial charge on any atom is 0.0991 e. The smallest absolute Gasteiger partial charge is 0.0991 e. The van der Waals surface area contributed by atoms with Gasteiger partial charge in [0.15, 0.2) is 0 Å². The first-order chi connectivity index (χ1) is 18.3. The lowest BCUT2D eigenvalue weighted by Crippen LogP contribution is -2.34. The van der Waals surface area contributed by atoms with E-state index in [2.05, 4.69) is 74.0 Å². The van der Waals surface area contributed by atoms with Crippen molar-refractivity contribution >= 4 is 0 Å². The Labute approximate surface area is 219 Å². The highest BCUT2D eigenvalue weighted by atomic mass is 15.2. The van der Waals surface area contributed by atoms with Gasteiger partial charge in [-0.3, -0.25) is 9.80 Å². The fourth-order valence-electron chi connectivity index (χ4n) is 6.03. The predicted molar refractivity (Wildman–Crippen MR) is 146 cm³/mol. The Morgan fingerprint density at radius 3 is 2.19 bits per heavy atom. The first-order valence-electron chi connectivity index (χ1n) is 13.4. The summed E-state index contributed by atoms with van der Waals surface area (Å²) in [5, 5.41) is 9.07. The van der Waals surface area contributed by atoms with E-state index < -0.39 is 0 Å². The number of aryl methyl sites for hydroxylation is 2. The molecule has 0 bridgehead atoms. The molecule has 5 heteroatoms. The number of rotatable bonds is 5. The van der Waals surface area contributed by atoms with Crippen molar-refractivity contribution in [2.45, 2.75) is 38.4 Å².